The molecule has 8 atom stereocenters. The Bertz CT molecular complexity index is 1420. The standard InChI is InChI=1S/C43H65F5N2O4S.ClH/c1-41-22-18-35-34-15-14-30(37-13-8-9-23-50(37)33-19-24-49(25-20-33)40(52)53)28-32(34)29-31(39(35)36(41)16-17-38(41)51)12-7-5-3-2-4-6-10-26-55(54)27-11-21-42(44,45)43(46,47)48;/h14-15,28,31,33,35-39,51H,2-13,16-27,29H2,1H3,(H,52,53);1H/t31-,35-,36+,37?,38+,39-,41+,55?;/m1./s1. The van der Waals surface area contributed by atoms with Crippen LogP contribution in [0.5, 0.6) is 0 Å². The van der Waals surface area contributed by atoms with Crippen LogP contribution in [0.4, 0.5) is 26.7 Å². The third-order valence-corrected chi connectivity index (χ3v) is 16.2. The molecule has 3 aliphatic carbocycles. The van der Waals surface area contributed by atoms with E-state index in [9.17, 15) is 41.5 Å². The molecule has 56 heavy (non-hydrogen) atoms. The van der Waals surface area contributed by atoms with Crippen LogP contribution >= 0.6 is 12.4 Å². The van der Waals surface area contributed by atoms with E-state index in [4.69, 9.17) is 0 Å². The van der Waals surface area contributed by atoms with Crippen LogP contribution in [-0.4, -0.2) is 86.0 Å². The number of likely N-dealkylation sites (tertiary alicyclic amines) is 2. The van der Waals surface area contributed by atoms with E-state index in [1.165, 1.54) is 36.8 Å². The summed E-state index contributed by atoms with van der Waals surface area (Å²) in [7, 11) is 0. The quantitative estimate of drug-likeness (QED) is 0.0984. The van der Waals surface area contributed by atoms with Crippen molar-refractivity contribution in [1.82, 2.24) is 9.80 Å². The van der Waals surface area contributed by atoms with Crippen LogP contribution in [0.2, 0.25) is 0 Å². The van der Waals surface area contributed by atoms with E-state index < -0.39 is 42.2 Å². The SMILES string of the molecule is C[C@]12CC[C@@H]3c4ccc(C5CCCCN5C5CCN(C(=O)O)CC5)cc4C[C@@H](CCCCCCCCC[S+]([O-])CCCC(F)(F)C(F)(F)F)[C@H]3[C@@H]1CC[C@@H]2O.Cl. The number of unbranched alkanes of at least 4 members (excludes halogenated alkanes) is 6. The molecule has 2 heterocycles. The Morgan fingerprint density at radius 3 is 2.27 bits per heavy atom. The minimum Gasteiger partial charge on any atom is -0.616 e. The van der Waals surface area contributed by atoms with Crippen molar-refractivity contribution in [1.29, 1.82) is 0 Å². The zero-order valence-electron chi connectivity index (χ0n) is 33.3. The topological polar surface area (TPSA) is 87.1 Å². The highest BCUT2D eigenvalue weighted by Gasteiger charge is 2.57. The highest BCUT2D eigenvalue weighted by atomic mass is 35.5. The van der Waals surface area contributed by atoms with Crippen LogP contribution in [0.1, 0.15) is 158 Å². The fraction of sp³-hybridized carbons (Fsp3) is 0.837. The molecule has 1 aromatic rings. The lowest BCUT2D eigenvalue weighted by Crippen LogP contribution is -2.49. The number of hydrogen-bond acceptors (Lipinski definition) is 4. The number of rotatable bonds is 16. The van der Waals surface area contributed by atoms with E-state index in [-0.39, 0.29) is 29.7 Å². The number of carbonyl (C=O) groups is 1. The summed E-state index contributed by atoms with van der Waals surface area (Å²) in [6.45, 7) is 4.65. The average Bonchev–Trinajstić information content (AvgIpc) is 3.46. The molecule has 2 N–H and O–H groups in total. The predicted molar refractivity (Wildman–Crippen MR) is 214 cm³/mol. The molecule has 6 rings (SSSR count). The van der Waals surface area contributed by atoms with E-state index >= 15 is 0 Å². The number of fused-ring (bicyclic) bond motifs is 5. The highest BCUT2D eigenvalue weighted by molar-refractivity contribution is 7.91. The number of aliphatic hydroxyl groups is 1. The van der Waals surface area contributed by atoms with E-state index in [0.717, 1.165) is 90.0 Å². The molecular weight excluding hydrogens is 771 g/mol. The molecule has 2 unspecified atom stereocenters. The van der Waals surface area contributed by atoms with Crippen molar-refractivity contribution in [2.45, 2.75) is 172 Å². The molecule has 4 fully saturated rings. The Hall–Kier alpha value is -1.34. The molecule has 5 aliphatic rings. The molecule has 2 saturated carbocycles. The van der Waals surface area contributed by atoms with Gasteiger partial charge in [0, 0.05) is 31.6 Å². The van der Waals surface area contributed by atoms with E-state index in [0.29, 0.717) is 61.0 Å². The summed E-state index contributed by atoms with van der Waals surface area (Å²) < 4.78 is 75.4. The third-order valence-electron chi connectivity index (χ3n) is 14.7. The molecule has 2 saturated heterocycles. The zero-order valence-corrected chi connectivity index (χ0v) is 34.9. The fourth-order valence-electron chi connectivity index (χ4n) is 11.7. The highest BCUT2D eigenvalue weighted by Crippen LogP contribution is 2.63. The molecule has 6 nitrogen and oxygen atoms in total. The summed E-state index contributed by atoms with van der Waals surface area (Å²) in [6, 6.07) is 8.24. The van der Waals surface area contributed by atoms with Crippen molar-refractivity contribution in [3.63, 3.8) is 0 Å². The molecular formula is C43H66ClF5N2O4S. The Labute approximate surface area is 340 Å². The first-order valence-corrected chi connectivity index (χ1v) is 23.0. The summed E-state index contributed by atoms with van der Waals surface area (Å²) in [4.78, 5) is 15.8. The van der Waals surface area contributed by atoms with Gasteiger partial charge in [0.15, 0.2) is 0 Å². The summed E-state index contributed by atoms with van der Waals surface area (Å²) in [5.74, 6) is -2.20. The number of carboxylic acid groups (broad SMARTS) is 1. The van der Waals surface area contributed by atoms with Crippen LogP contribution in [0.25, 0.3) is 0 Å². The normalized spacial score (nSPS) is 30.6. The molecule has 1 aromatic carbocycles. The zero-order chi connectivity index (χ0) is 39.4. The maximum atomic E-state index is 13.1. The number of halogens is 6. The van der Waals surface area contributed by atoms with Gasteiger partial charge in [-0.1, -0.05) is 74.8 Å². The van der Waals surface area contributed by atoms with Crippen molar-refractivity contribution in [2.24, 2.45) is 23.2 Å². The van der Waals surface area contributed by atoms with Gasteiger partial charge in [0.1, 0.15) is 11.5 Å². The monoisotopic (exact) mass is 836 g/mol. The minimum atomic E-state index is -5.55. The lowest BCUT2D eigenvalue weighted by Gasteiger charge is -2.53. The molecule has 13 heteroatoms. The van der Waals surface area contributed by atoms with Crippen LogP contribution in [0.3, 0.4) is 0 Å². The Morgan fingerprint density at radius 1 is 0.893 bits per heavy atom. The maximum Gasteiger partial charge on any atom is 0.453 e. The molecule has 0 bridgehead atoms. The molecule has 0 spiro atoms. The first-order valence-electron chi connectivity index (χ1n) is 21.5. The number of hydrogen-bond donors (Lipinski definition) is 2. The summed E-state index contributed by atoms with van der Waals surface area (Å²) in [6.07, 6.45) is 10.7. The molecule has 0 radical (unpaired) electrons. The van der Waals surface area contributed by atoms with Gasteiger partial charge in [0.05, 0.1) is 6.10 Å². The van der Waals surface area contributed by atoms with Gasteiger partial charge in [-0.05, 0) is 136 Å². The Morgan fingerprint density at radius 2 is 1.57 bits per heavy atom. The number of nitrogens with zero attached hydrogens (tertiary/aromatic N) is 2. The van der Waals surface area contributed by atoms with E-state index in [1.54, 1.807) is 10.5 Å². The van der Waals surface area contributed by atoms with Gasteiger partial charge in [-0.3, -0.25) is 4.90 Å². The Balaban J connectivity index is 0.00000600. The first kappa shape index (κ1) is 45.7. The minimum absolute atomic E-state index is 0. The smallest absolute Gasteiger partial charge is 0.453 e. The fourth-order valence-corrected chi connectivity index (χ4v) is 12.9. The van der Waals surface area contributed by atoms with E-state index in [2.05, 4.69) is 30.0 Å². The molecule has 320 valence electrons. The maximum absolute atomic E-state index is 13.1. The number of piperidine rings is 2. The summed E-state index contributed by atoms with van der Waals surface area (Å²) in [5, 5.41) is 20.7. The largest absolute Gasteiger partial charge is 0.616 e. The van der Waals surface area contributed by atoms with Gasteiger partial charge in [0.25, 0.3) is 0 Å². The third kappa shape index (κ3) is 10.5. The number of amides is 1. The lowest BCUT2D eigenvalue weighted by atomic mass is 9.52. The van der Waals surface area contributed by atoms with Gasteiger partial charge in [-0.2, -0.15) is 22.0 Å². The van der Waals surface area contributed by atoms with Crippen LogP contribution < -0.4 is 0 Å². The van der Waals surface area contributed by atoms with Crippen molar-refractivity contribution in [3.8, 4) is 0 Å². The second-order valence-corrected chi connectivity index (χ2v) is 19.7. The van der Waals surface area contributed by atoms with Crippen LogP contribution in [0, 0.1) is 23.2 Å². The van der Waals surface area contributed by atoms with Gasteiger partial charge in [-0.15, -0.1) is 12.4 Å². The molecule has 2 aliphatic heterocycles. The Kier molecular flexibility index (Phi) is 16.2. The first-order chi connectivity index (χ1) is 26.2. The van der Waals surface area contributed by atoms with Crippen molar-refractivity contribution in [2.75, 3.05) is 31.1 Å². The summed E-state index contributed by atoms with van der Waals surface area (Å²) >= 11 is -1.37. The molecule has 0 aromatic heterocycles. The number of alkyl halides is 5. The lowest BCUT2D eigenvalue weighted by molar-refractivity contribution is -0.284. The van der Waals surface area contributed by atoms with Gasteiger partial charge in [0.2, 0.25) is 0 Å². The van der Waals surface area contributed by atoms with Crippen molar-refractivity contribution in [3.05, 3.63) is 34.9 Å². The van der Waals surface area contributed by atoms with Crippen molar-refractivity contribution >= 4 is 29.7 Å². The van der Waals surface area contributed by atoms with Gasteiger partial charge in [-0.25, -0.2) is 4.79 Å². The second-order valence-electron chi connectivity index (χ2n) is 18.0. The molecule has 1 amide bonds. The second kappa shape index (κ2) is 19.8. The average molecular weight is 838 g/mol. The van der Waals surface area contributed by atoms with Crippen molar-refractivity contribution < 1.29 is 41.5 Å². The van der Waals surface area contributed by atoms with Crippen LogP contribution in [0.15, 0.2) is 18.2 Å². The van der Waals surface area contributed by atoms with Crippen LogP contribution in [-0.2, 0) is 17.6 Å². The number of benzene rings is 1. The van der Waals surface area contributed by atoms with E-state index in [1.807, 2.05) is 0 Å². The summed E-state index contributed by atoms with van der Waals surface area (Å²) in [5.41, 5.74) is 4.52. The predicted octanol–water partition coefficient (Wildman–Crippen LogP) is 11.1. The number of aliphatic hydroxyl groups excluding tert-OH is 1. The van der Waals surface area contributed by atoms with Gasteiger partial charge < -0.3 is 19.7 Å². The van der Waals surface area contributed by atoms with Gasteiger partial charge >= 0.3 is 18.2 Å².